The van der Waals surface area contributed by atoms with Crippen molar-refractivity contribution < 1.29 is 10.2 Å². The van der Waals surface area contributed by atoms with Gasteiger partial charge in [0.05, 0.1) is 22.9 Å². The predicted molar refractivity (Wildman–Crippen MR) is 169 cm³/mol. The van der Waals surface area contributed by atoms with Gasteiger partial charge < -0.3 is 20.0 Å². The zero-order chi connectivity index (χ0) is 29.1. The number of hydrogen-bond acceptors (Lipinski definition) is 6. The van der Waals surface area contributed by atoms with Crippen molar-refractivity contribution in [3.8, 4) is 0 Å². The molecule has 2 N–H and O–H groups in total. The van der Waals surface area contributed by atoms with E-state index < -0.39 is 23.3 Å². The molecule has 8 heterocycles. The molecule has 10 aliphatic rings. The van der Waals surface area contributed by atoms with Gasteiger partial charge in [-0.3, -0.25) is 9.80 Å². The van der Waals surface area contributed by atoms with Gasteiger partial charge in [-0.05, 0) is 87.7 Å². The number of aliphatic hydroxyl groups excluding tert-OH is 2. The average Bonchev–Trinajstić information content (AvgIpc) is 3.86. The third-order valence-electron chi connectivity index (χ3n) is 16.1. The molecule has 8 aliphatic heterocycles. The van der Waals surface area contributed by atoms with Crippen molar-refractivity contribution in [2.24, 2.45) is 22.7 Å². The lowest BCUT2D eigenvalue weighted by Gasteiger charge is -2.67. The van der Waals surface area contributed by atoms with E-state index in [0.717, 1.165) is 51.9 Å². The summed E-state index contributed by atoms with van der Waals surface area (Å²) in [6, 6.07) is 19.3. The summed E-state index contributed by atoms with van der Waals surface area (Å²) in [6.07, 6.45) is 7.92. The Labute approximate surface area is 259 Å². The summed E-state index contributed by atoms with van der Waals surface area (Å²) in [7, 11) is 0. The van der Waals surface area contributed by atoms with E-state index in [1.165, 1.54) is 33.6 Å². The number of nitrogens with zero attached hydrogens (tertiary/aromatic N) is 4. The Balaban J connectivity index is 1.26. The van der Waals surface area contributed by atoms with Crippen LogP contribution in [0.5, 0.6) is 0 Å². The normalized spacial score (nSPS) is 52.9. The molecule has 4 bridgehead atoms. The Hall–Kier alpha value is -2.64. The first-order chi connectivity index (χ1) is 21.5. The highest BCUT2D eigenvalue weighted by Gasteiger charge is 2.94. The summed E-state index contributed by atoms with van der Waals surface area (Å²) in [5.41, 5.74) is 7.29. The molecule has 0 radical (unpaired) electrons. The molecule has 2 aromatic rings. The number of aliphatic hydroxyl groups is 2. The molecule has 2 aliphatic carbocycles. The number of allylic oxidation sites excluding steroid dienone is 2. The van der Waals surface area contributed by atoms with Crippen LogP contribution >= 0.6 is 0 Å². The third kappa shape index (κ3) is 1.95. The molecule has 12 rings (SSSR count). The molecule has 8 fully saturated rings. The minimum atomic E-state index is -0.650. The SMILES string of the molecule is CC=C1CN2CC[C@@]34c5ccccc5N5[C@@H](O)[C@@]67[C@@H]8N(c9ccccc9[C@@]89CCN8CC(=CC)[C@@H]6C[C@H]89)[C@@H](O)[C@@]7([C@H]53)[C@H]1C[C@H]24. The predicted octanol–water partition coefficient (Wildman–Crippen LogP) is 3.98. The number of para-hydroxylation sites is 2. The first-order valence-corrected chi connectivity index (χ1v) is 17.4. The standard InChI is InChI=1S/C38H42N4O2/c1-3-21-19-39-15-13-35-23-9-5-7-11-27(23)41-31(35)37(25(21)17-29(35)39)33(43)42-28-12-8-6-10-24(28)36-14-16-40-20-22(4-2)26(18-30(36)40)38(37,32(36)42)34(41)44/h3-12,25-26,29-34,43-44H,13-20H2,1-2H3/t25-,26-,29-,30-,31+,32+,33-,34-,35-,36+,37-,38-/m0/s1. The second kappa shape index (κ2) is 7.17. The van der Waals surface area contributed by atoms with Gasteiger partial charge in [-0.15, -0.1) is 0 Å². The zero-order valence-corrected chi connectivity index (χ0v) is 25.7. The molecule has 2 aromatic carbocycles. The Bertz CT molecular complexity index is 1640. The topological polar surface area (TPSA) is 53.4 Å². The summed E-state index contributed by atoms with van der Waals surface area (Å²) in [5.74, 6) is 0.496. The molecule has 12 atom stereocenters. The van der Waals surface area contributed by atoms with Crippen LogP contribution in [-0.4, -0.2) is 82.8 Å². The van der Waals surface area contributed by atoms with Crippen molar-refractivity contribution in [2.45, 2.75) is 87.0 Å². The largest absolute Gasteiger partial charge is 0.373 e. The fraction of sp³-hybridized carbons (Fsp3) is 0.579. The molecule has 0 amide bonds. The van der Waals surface area contributed by atoms with Gasteiger partial charge in [-0.1, -0.05) is 59.7 Å². The summed E-state index contributed by atoms with van der Waals surface area (Å²) in [5, 5.41) is 27.3. The molecule has 6 nitrogen and oxygen atoms in total. The summed E-state index contributed by atoms with van der Waals surface area (Å²) in [4.78, 5) is 10.6. The van der Waals surface area contributed by atoms with Crippen LogP contribution < -0.4 is 9.80 Å². The highest BCUT2D eigenvalue weighted by atomic mass is 16.3. The Kier molecular flexibility index (Phi) is 4.01. The van der Waals surface area contributed by atoms with Crippen LogP contribution in [0.25, 0.3) is 0 Å². The Morgan fingerprint density at radius 3 is 1.52 bits per heavy atom. The maximum Gasteiger partial charge on any atom is 0.136 e. The lowest BCUT2D eigenvalue weighted by molar-refractivity contribution is -0.176. The molecular formula is C38H42N4O2. The molecule has 6 saturated heterocycles. The average molecular weight is 587 g/mol. The lowest BCUT2D eigenvalue weighted by atomic mass is 9.36. The van der Waals surface area contributed by atoms with Crippen LogP contribution in [0.2, 0.25) is 0 Å². The van der Waals surface area contributed by atoms with Crippen molar-refractivity contribution in [3.05, 3.63) is 83.0 Å². The first kappa shape index (κ1) is 24.6. The number of hydrogen-bond donors (Lipinski definition) is 2. The van der Waals surface area contributed by atoms with Crippen LogP contribution in [0, 0.1) is 22.7 Å². The molecule has 44 heavy (non-hydrogen) atoms. The molecule has 0 unspecified atom stereocenters. The van der Waals surface area contributed by atoms with E-state index in [4.69, 9.17) is 0 Å². The highest BCUT2D eigenvalue weighted by Crippen LogP contribution is 2.86. The monoisotopic (exact) mass is 586 g/mol. The van der Waals surface area contributed by atoms with E-state index in [9.17, 15) is 10.2 Å². The summed E-state index contributed by atoms with van der Waals surface area (Å²) >= 11 is 0. The highest BCUT2D eigenvalue weighted by molar-refractivity contribution is 5.77. The summed E-state index contributed by atoms with van der Waals surface area (Å²) < 4.78 is 0. The molecule has 2 saturated carbocycles. The van der Waals surface area contributed by atoms with Gasteiger partial charge in [-0.2, -0.15) is 0 Å². The maximum atomic E-state index is 13.7. The Morgan fingerprint density at radius 2 is 1.09 bits per heavy atom. The van der Waals surface area contributed by atoms with Gasteiger partial charge >= 0.3 is 0 Å². The van der Waals surface area contributed by atoms with Gasteiger partial charge in [-0.25, -0.2) is 0 Å². The lowest BCUT2D eigenvalue weighted by Crippen LogP contribution is -2.75. The van der Waals surface area contributed by atoms with Crippen molar-refractivity contribution in [1.82, 2.24) is 9.80 Å². The van der Waals surface area contributed by atoms with E-state index in [1.54, 1.807) is 0 Å². The van der Waals surface area contributed by atoms with E-state index >= 15 is 0 Å². The van der Waals surface area contributed by atoms with Crippen molar-refractivity contribution in [3.63, 3.8) is 0 Å². The Morgan fingerprint density at radius 1 is 0.659 bits per heavy atom. The van der Waals surface area contributed by atoms with Crippen LogP contribution in [0.1, 0.15) is 50.7 Å². The molecule has 226 valence electrons. The number of piperidine rings is 2. The van der Waals surface area contributed by atoms with Crippen LogP contribution in [0.15, 0.2) is 71.8 Å². The van der Waals surface area contributed by atoms with E-state index in [1.807, 2.05) is 0 Å². The van der Waals surface area contributed by atoms with Gasteiger partial charge in [0, 0.05) is 47.4 Å². The van der Waals surface area contributed by atoms with E-state index in [2.05, 4.69) is 94.1 Å². The van der Waals surface area contributed by atoms with Crippen molar-refractivity contribution in [2.75, 3.05) is 36.0 Å². The fourth-order valence-electron chi connectivity index (χ4n) is 15.5. The smallest absolute Gasteiger partial charge is 0.136 e. The van der Waals surface area contributed by atoms with Crippen LogP contribution in [0.3, 0.4) is 0 Å². The quantitative estimate of drug-likeness (QED) is 0.456. The molecule has 4 spiro atoms. The number of rotatable bonds is 0. The van der Waals surface area contributed by atoms with Gasteiger partial charge in [0.2, 0.25) is 0 Å². The van der Waals surface area contributed by atoms with Gasteiger partial charge in [0.15, 0.2) is 0 Å². The van der Waals surface area contributed by atoms with Crippen molar-refractivity contribution in [1.29, 1.82) is 0 Å². The number of benzene rings is 2. The van der Waals surface area contributed by atoms with Gasteiger partial charge in [0.25, 0.3) is 0 Å². The van der Waals surface area contributed by atoms with E-state index in [0.29, 0.717) is 12.1 Å². The van der Waals surface area contributed by atoms with E-state index in [-0.39, 0.29) is 34.7 Å². The second-order valence-corrected chi connectivity index (χ2v) is 16.1. The van der Waals surface area contributed by atoms with Crippen molar-refractivity contribution >= 4 is 11.4 Å². The molecule has 6 heteroatoms. The minimum absolute atomic E-state index is 0.0744. The number of fused-ring (bicyclic) bond motifs is 6. The first-order valence-electron chi connectivity index (χ1n) is 17.4. The zero-order valence-electron chi connectivity index (χ0n) is 25.7. The van der Waals surface area contributed by atoms with Gasteiger partial charge in [0.1, 0.15) is 12.5 Å². The number of anilines is 2. The fourth-order valence-corrected chi connectivity index (χ4v) is 15.5. The summed E-state index contributed by atoms with van der Waals surface area (Å²) in [6.45, 7) is 8.70. The maximum absolute atomic E-state index is 13.7. The minimum Gasteiger partial charge on any atom is -0.373 e. The van der Waals surface area contributed by atoms with Crippen LogP contribution in [-0.2, 0) is 10.8 Å². The molecule has 0 aromatic heterocycles. The van der Waals surface area contributed by atoms with Crippen LogP contribution in [0.4, 0.5) is 11.4 Å². The second-order valence-electron chi connectivity index (χ2n) is 16.1. The molecular weight excluding hydrogens is 544 g/mol. The third-order valence-corrected chi connectivity index (χ3v) is 16.1.